The smallest absolute Gasteiger partial charge is 0.161 e. The first kappa shape index (κ1) is 15.7. The van der Waals surface area contributed by atoms with Crippen LogP contribution in [0, 0.1) is 11.6 Å². The average Bonchev–Trinajstić information content (AvgIpc) is 2.50. The summed E-state index contributed by atoms with van der Waals surface area (Å²) < 4.78 is 38.5. The number of hydrogen-bond acceptors (Lipinski definition) is 3. The maximum absolute atomic E-state index is 14.1. The van der Waals surface area contributed by atoms with E-state index < -0.39 is 17.7 Å². The molecule has 0 radical (unpaired) electrons. The fraction of sp³-hybridized carbons (Fsp3) is 0.200. The number of rotatable bonds is 4. The summed E-state index contributed by atoms with van der Waals surface area (Å²) in [7, 11) is 2.98. The van der Waals surface area contributed by atoms with E-state index >= 15 is 0 Å². The van der Waals surface area contributed by atoms with E-state index in [2.05, 4.69) is 15.9 Å². The van der Waals surface area contributed by atoms with Crippen molar-refractivity contribution in [1.29, 1.82) is 0 Å². The summed E-state index contributed by atoms with van der Waals surface area (Å²) in [6, 6.07) is 6.40. The van der Waals surface area contributed by atoms with Gasteiger partial charge in [0.15, 0.2) is 11.5 Å². The Kier molecular flexibility index (Phi) is 4.80. The standard InChI is InChI=1S/C15H14BrF2NO2/c1-20-11-6-3-8(7-12(11)21-2)15(19)13-10(17)5-4-9(16)14(13)18/h3-7,15H,19H2,1-2H3. The van der Waals surface area contributed by atoms with Crippen LogP contribution >= 0.6 is 15.9 Å². The normalized spacial score (nSPS) is 12.1. The van der Waals surface area contributed by atoms with Crippen LogP contribution in [0.2, 0.25) is 0 Å². The van der Waals surface area contributed by atoms with Crippen LogP contribution < -0.4 is 15.2 Å². The van der Waals surface area contributed by atoms with Gasteiger partial charge in [-0.25, -0.2) is 8.78 Å². The first-order valence-corrected chi connectivity index (χ1v) is 6.89. The topological polar surface area (TPSA) is 44.5 Å². The molecule has 0 heterocycles. The second-order valence-electron chi connectivity index (χ2n) is 4.35. The molecule has 0 fully saturated rings. The molecule has 112 valence electrons. The van der Waals surface area contributed by atoms with Gasteiger partial charge in [0.1, 0.15) is 11.6 Å². The van der Waals surface area contributed by atoms with Crippen molar-refractivity contribution in [3.05, 3.63) is 57.6 Å². The molecular formula is C15H14BrF2NO2. The Labute approximate surface area is 129 Å². The van der Waals surface area contributed by atoms with E-state index in [-0.39, 0.29) is 10.0 Å². The molecular weight excluding hydrogens is 344 g/mol. The van der Waals surface area contributed by atoms with Crippen molar-refractivity contribution in [2.45, 2.75) is 6.04 Å². The third-order valence-electron chi connectivity index (χ3n) is 3.16. The molecule has 0 aromatic heterocycles. The van der Waals surface area contributed by atoms with E-state index in [0.29, 0.717) is 17.1 Å². The zero-order valence-corrected chi connectivity index (χ0v) is 13.1. The third-order valence-corrected chi connectivity index (χ3v) is 3.77. The van der Waals surface area contributed by atoms with E-state index in [9.17, 15) is 8.78 Å². The summed E-state index contributed by atoms with van der Waals surface area (Å²) in [5, 5.41) is 0. The maximum Gasteiger partial charge on any atom is 0.161 e. The van der Waals surface area contributed by atoms with Gasteiger partial charge < -0.3 is 15.2 Å². The molecule has 0 aliphatic carbocycles. The number of nitrogens with two attached hydrogens (primary N) is 1. The Morgan fingerprint density at radius 1 is 1.05 bits per heavy atom. The number of hydrogen-bond donors (Lipinski definition) is 1. The van der Waals surface area contributed by atoms with Crippen LogP contribution in [0.4, 0.5) is 8.78 Å². The number of benzene rings is 2. The zero-order valence-electron chi connectivity index (χ0n) is 11.5. The lowest BCUT2D eigenvalue weighted by atomic mass is 9.98. The molecule has 0 spiro atoms. The van der Waals surface area contributed by atoms with Crippen molar-refractivity contribution >= 4 is 15.9 Å². The molecule has 21 heavy (non-hydrogen) atoms. The third kappa shape index (κ3) is 3.01. The van der Waals surface area contributed by atoms with E-state index in [0.717, 1.165) is 0 Å². The van der Waals surface area contributed by atoms with Gasteiger partial charge in [0, 0.05) is 5.56 Å². The largest absolute Gasteiger partial charge is 0.493 e. The van der Waals surface area contributed by atoms with Gasteiger partial charge >= 0.3 is 0 Å². The highest BCUT2D eigenvalue weighted by Gasteiger charge is 2.21. The van der Waals surface area contributed by atoms with Gasteiger partial charge in [-0.2, -0.15) is 0 Å². The van der Waals surface area contributed by atoms with Crippen LogP contribution in [0.1, 0.15) is 17.2 Å². The summed E-state index contributed by atoms with van der Waals surface area (Å²) >= 11 is 3.03. The highest BCUT2D eigenvalue weighted by Crippen LogP contribution is 2.34. The lowest BCUT2D eigenvalue weighted by molar-refractivity contribution is 0.354. The summed E-state index contributed by atoms with van der Waals surface area (Å²) in [4.78, 5) is 0. The van der Waals surface area contributed by atoms with Crippen LogP contribution in [0.3, 0.4) is 0 Å². The van der Waals surface area contributed by atoms with E-state index in [1.165, 1.54) is 26.4 Å². The highest BCUT2D eigenvalue weighted by molar-refractivity contribution is 9.10. The second kappa shape index (κ2) is 6.41. The molecule has 1 atom stereocenters. The van der Waals surface area contributed by atoms with Crippen LogP contribution in [-0.4, -0.2) is 14.2 Å². The van der Waals surface area contributed by atoms with Gasteiger partial charge in [-0.3, -0.25) is 0 Å². The van der Waals surface area contributed by atoms with Crippen LogP contribution in [-0.2, 0) is 0 Å². The Balaban J connectivity index is 2.50. The molecule has 2 rings (SSSR count). The summed E-state index contributed by atoms with van der Waals surface area (Å²) in [6.45, 7) is 0. The fourth-order valence-electron chi connectivity index (χ4n) is 2.04. The zero-order chi connectivity index (χ0) is 15.6. The fourth-order valence-corrected chi connectivity index (χ4v) is 2.39. The molecule has 0 aliphatic heterocycles. The molecule has 6 heteroatoms. The van der Waals surface area contributed by atoms with Gasteiger partial charge in [0.25, 0.3) is 0 Å². The van der Waals surface area contributed by atoms with E-state index in [4.69, 9.17) is 15.2 Å². The highest BCUT2D eigenvalue weighted by atomic mass is 79.9. The first-order valence-electron chi connectivity index (χ1n) is 6.10. The van der Waals surface area contributed by atoms with Crippen molar-refractivity contribution in [1.82, 2.24) is 0 Å². The predicted octanol–water partition coefficient (Wildman–Crippen LogP) is 3.79. The minimum absolute atomic E-state index is 0.162. The molecule has 0 bridgehead atoms. The molecule has 2 N–H and O–H groups in total. The molecule has 1 unspecified atom stereocenters. The molecule has 0 saturated carbocycles. The minimum Gasteiger partial charge on any atom is -0.493 e. The maximum atomic E-state index is 14.1. The van der Waals surface area contributed by atoms with Crippen molar-refractivity contribution < 1.29 is 18.3 Å². The minimum atomic E-state index is -0.956. The van der Waals surface area contributed by atoms with Gasteiger partial charge in [0.05, 0.1) is 24.7 Å². The van der Waals surface area contributed by atoms with Crippen LogP contribution in [0.5, 0.6) is 11.5 Å². The van der Waals surface area contributed by atoms with Gasteiger partial charge in [0.2, 0.25) is 0 Å². The number of methoxy groups -OCH3 is 2. The predicted molar refractivity (Wildman–Crippen MR) is 79.6 cm³/mol. The van der Waals surface area contributed by atoms with Crippen molar-refractivity contribution in [3.8, 4) is 11.5 Å². The SMILES string of the molecule is COc1ccc(C(N)c2c(F)ccc(Br)c2F)cc1OC. The molecule has 0 saturated heterocycles. The number of ether oxygens (including phenoxy) is 2. The van der Waals surface area contributed by atoms with Gasteiger partial charge in [-0.05, 0) is 45.8 Å². The molecule has 0 amide bonds. The Morgan fingerprint density at radius 2 is 1.71 bits per heavy atom. The summed E-state index contributed by atoms with van der Waals surface area (Å²) in [5.74, 6) is -0.444. The van der Waals surface area contributed by atoms with Gasteiger partial charge in [-0.1, -0.05) is 6.07 Å². The second-order valence-corrected chi connectivity index (χ2v) is 5.20. The summed E-state index contributed by atoms with van der Waals surface area (Å²) in [6.07, 6.45) is 0. The van der Waals surface area contributed by atoms with Gasteiger partial charge in [-0.15, -0.1) is 0 Å². The molecule has 2 aromatic carbocycles. The molecule has 0 aliphatic rings. The average molecular weight is 358 g/mol. The molecule has 2 aromatic rings. The van der Waals surface area contributed by atoms with Crippen molar-refractivity contribution in [3.63, 3.8) is 0 Å². The lowest BCUT2D eigenvalue weighted by Crippen LogP contribution is -2.16. The first-order chi connectivity index (χ1) is 9.99. The lowest BCUT2D eigenvalue weighted by Gasteiger charge is -2.17. The van der Waals surface area contributed by atoms with E-state index in [1.807, 2.05) is 0 Å². The Bertz CT molecular complexity index is 664. The van der Waals surface area contributed by atoms with Crippen molar-refractivity contribution in [2.24, 2.45) is 5.73 Å². The van der Waals surface area contributed by atoms with Crippen LogP contribution in [0.25, 0.3) is 0 Å². The summed E-state index contributed by atoms with van der Waals surface area (Å²) in [5.41, 5.74) is 6.32. The molecule has 3 nitrogen and oxygen atoms in total. The number of halogens is 3. The van der Waals surface area contributed by atoms with Crippen molar-refractivity contribution in [2.75, 3.05) is 14.2 Å². The van der Waals surface area contributed by atoms with E-state index in [1.54, 1.807) is 18.2 Å². The Hall–Kier alpha value is -1.66. The quantitative estimate of drug-likeness (QED) is 0.846. The van der Waals surface area contributed by atoms with Crippen LogP contribution in [0.15, 0.2) is 34.8 Å². The monoisotopic (exact) mass is 357 g/mol. The Morgan fingerprint density at radius 3 is 2.33 bits per heavy atom.